The predicted molar refractivity (Wildman–Crippen MR) is 126 cm³/mol. The van der Waals surface area contributed by atoms with Crippen LogP contribution in [0.1, 0.15) is 21.0 Å². The monoisotopic (exact) mass is 523 g/mol. The average Bonchev–Trinajstić information content (AvgIpc) is 3.53. The van der Waals surface area contributed by atoms with Gasteiger partial charge >= 0.3 is 11.4 Å². The largest absolute Gasteiger partial charge is 0.368 e. The number of fused-ring (bicyclic) bond motifs is 2. The highest BCUT2D eigenvalue weighted by Crippen LogP contribution is 2.15. The summed E-state index contributed by atoms with van der Waals surface area (Å²) in [7, 11) is 0. The Kier molecular flexibility index (Phi) is 6.03. The van der Waals surface area contributed by atoms with Gasteiger partial charge in [-0.3, -0.25) is 9.59 Å². The van der Waals surface area contributed by atoms with E-state index in [1.807, 2.05) is 0 Å². The third-order valence-electron chi connectivity index (χ3n) is 5.66. The zero-order chi connectivity index (χ0) is 27.0. The minimum Gasteiger partial charge on any atom is -0.368 e. The number of hydrogen-bond donors (Lipinski definition) is 2. The number of halogens is 1. The second kappa shape index (κ2) is 9.48. The number of benzene rings is 1. The van der Waals surface area contributed by atoms with Crippen molar-refractivity contribution in [2.75, 3.05) is 18.0 Å². The van der Waals surface area contributed by atoms with Crippen molar-refractivity contribution in [1.29, 1.82) is 0 Å². The van der Waals surface area contributed by atoms with E-state index in [4.69, 9.17) is 11.5 Å². The van der Waals surface area contributed by atoms with Crippen LogP contribution in [0.15, 0.2) is 46.5 Å². The molecule has 0 saturated heterocycles. The number of carbonyl (C=O) groups is 2. The number of amides is 2. The lowest BCUT2D eigenvalue weighted by atomic mass is 10.2. The van der Waals surface area contributed by atoms with Crippen molar-refractivity contribution in [3.05, 3.63) is 75.1 Å². The highest BCUT2D eigenvalue weighted by molar-refractivity contribution is 5.97. The number of anilines is 1. The Morgan fingerprint density at radius 3 is 1.66 bits per heavy atom. The van der Waals surface area contributed by atoms with Crippen molar-refractivity contribution in [3.8, 4) is 0 Å². The molecule has 0 aliphatic carbocycles. The van der Waals surface area contributed by atoms with Gasteiger partial charge in [-0.25, -0.2) is 32.7 Å². The van der Waals surface area contributed by atoms with Crippen LogP contribution >= 0.6 is 0 Å². The number of aromatic nitrogens is 10. The second-order valence-corrected chi connectivity index (χ2v) is 7.96. The summed E-state index contributed by atoms with van der Waals surface area (Å²) in [4.78, 5) is 57.9. The average molecular weight is 523 g/mol. The van der Waals surface area contributed by atoms with Crippen molar-refractivity contribution >= 4 is 28.8 Å². The number of nitrogens with two attached hydrogens (primary N) is 2. The Morgan fingerprint density at radius 1 is 0.789 bits per heavy atom. The molecule has 194 valence electrons. The highest BCUT2D eigenvalue weighted by Gasteiger charge is 2.18. The van der Waals surface area contributed by atoms with E-state index >= 15 is 0 Å². The van der Waals surface area contributed by atoms with Gasteiger partial charge in [0, 0.05) is 18.8 Å². The molecule has 0 unspecified atom stereocenters. The first-order valence-electron chi connectivity index (χ1n) is 11.0. The number of hydrogen-bond acceptors (Lipinski definition) is 11. The molecule has 0 spiro atoms. The molecule has 1 aromatic carbocycles. The van der Waals surface area contributed by atoms with Crippen LogP contribution < -0.4 is 27.7 Å². The second-order valence-electron chi connectivity index (χ2n) is 7.96. The molecule has 18 heteroatoms. The van der Waals surface area contributed by atoms with E-state index in [9.17, 15) is 23.6 Å². The Bertz CT molecular complexity index is 1690. The molecule has 38 heavy (non-hydrogen) atoms. The van der Waals surface area contributed by atoms with Gasteiger partial charge in [-0.15, -0.1) is 10.2 Å². The number of nitrogens with zero attached hydrogens (tertiary/aromatic N) is 11. The summed E-state index contributed by atoms with van der Waals surface area (Å²) in [6, 6.07) is 5.61. The molecule has 0 fully saturated rings. The topological polar surface area (TPSA) is 220 Å². The molecule has 5 rings (SSSR count). The van der Waals surface area contributed by atoms with E-state index in [1.165, 1.54) is 24.3 Å². The molecule has 0 radical (unpaired) electrons. The minimum absolute atomic E-state index is 0.0341. The minimum atomic E-state index is -0.848. The Balaban J connectivity index is 1.40. The van der Waals surface area contributed by atoms with Crippen molar-refractivity contribution in [3.63, 3.8) is 0 Å². The number of carbonyl (C=O) groups excluding carboxylic acids is 2. The fourth-order valence-electron chi connectivity index (χ4n) is 3.75. The van der Waals surface area contributed by atoms with Crippen LogP contribution in [0, 0.1) is 5.82 Å². The van der Waals surface area contributed by atoms with Crippen LogP contribution in [-0.2, 0) is 13.1 Å². The van der Waals surface area contributed by atoms with Crippen LogP contribution in [0.25, 0.3) is 11.3 Å². The van der Waals surface area contributed by atoms with Crippen LogP contribution in [0.3, 0.4) is 0 Å². The third kappa shape index (κ3) is 4.29. The molecule has 0 aliphatic rings. The van der Waals surface area contributed by atoms with E-state index in [0.717, 1.165) is 30.8 Å². The normalized spacial score (nSPS) is 11.3. The Hall–Kier alpha value is -5.55. The Labute approximate surface area is 209 Å². The smallest absolute Gasteiger partial charge is 0.353 e. The predicted octanol–water partition coefficient (Wildman–Crippen LogP) is -2.57. The lowest BCUT2D eigenvalue weighted by molar-refractivity contribution is 0.0989. The van der Waals surface area contributed by atoms with Gasteiger partial charge in [0.25, 0.3) is 11.8 Å². The van der Waals surface area contributed by atoms with Crippen molar-refractivity contribution in [2.24, 2.45) is 11.5 Å². The molecule has 4 heterocycles. The third-order valence-corrected chi connectivity index (χ3v) is 5.66. The Morgan fingerprint density at radius 2 is 1.24 bits per heavy atom. The summed E-state index contributed by atoms with van der Waals surface area (Å²) in [6.07, 6.45) is 2.25. The van der Waals surface area contributed by atoms with Gasteiger partial charge in [0.1, 0.15) is 18.5 Å². The molecule has 4 aromatic heterocycles. The molecule has 0 bridgehead atoms. The quantitative estimate of drug-likeness (QED) is 0.204. The fraction of sp³-hybridized carbons (Fsp3) is 0.200. The van der Waals surface area contributed by atoms with Gasteiger partial charge in [-0.2, -0.15) is 9.36 Å². The fourth-order valence-corrected chi connectivity index (χ4v) is 3.75. The van der Waals surface area contributed by atoms with Crippen LogP contribution in [0.5, 0.6) is 0 Å². The molecule has 4 N–H and O–H groups in total. The van der Waals surface area contributed by atoms with E-state index in [-0.39, 0.29) is 48.9 Å². The van der Waals surface area contributed by atoms with E-state index < -0.39 is 29.0 Å². The first-order valence-corrected chi connectivity index (χ1v) is 11.0. The maximum atomic E-state index is 13.5. The summed E-state index contributed by atoms with van der Waals surface area (Å²) >= 11 is 0. The van der Waals surface area contributed by atoms with E-state index in [2.05, 4.69) is 30.6 Å². The molecule has 5 aromatic rings. The standard InChI is InChI=1S/C20H18FN13O4/c21-11-1-3-12(4-2-11)30(5-7-33-19(37)31-9-24-13(15(22)35)17(31)26-28-33)6-8-34-20(38)32-10-25-14(16(23)36)18(32)27-29-34/h1-4,9-10H,5-8H2,(H2,22,35)(H2,23,36). The number of rotatable bonds is 9. The summed E-state index contributed by atoms with van der Waals surface area (Å²) < 4.78 is 17.8. The van der Waals surface area contributed by atoms with Crippen molar-refractivity contribution < 1.29 is 14.0 Å². The van der Waals surface area contributed by atoms with E-state index in [1.54, 1.807) is 4.90 Å². The molecule has 0 aliphatic heterocycles. The van der Waals surface area contributed by atoms with Crippen LogP contribution in [-0.4, -0.2) is 73.7 Å². The van der Waals surface area contributed by atoms with Crippen LogP contribution in [0.2, 0.25) is 0 Å². The zero-order valence-corrected chi connectivity index (χ0v) is 19.4. The SMILES string of the molecule is NC(=O)c1ncn2c(=O)n(CCN(CCn3nnc4c(C(N)=O)ncn4c3=O)c3ccc(F)cc3)nnc12. The summed E-state index contributed by atoms with van der Waals surface area (Å²) in [5.41, 5.74) is 9.36. The molecule has 0 atom stereocenters. The summed E-state index contributed by atoms with van der Waals surface area (Å²) in [5, 5.41) is 15.5. The number of primary amides is 2. The lowest BCUT2D eigenvalue weighted by Gasteiger charge is -2.25. The van der Waals surface area contributed by atoms with Crippen molar-refractivity contribution in [2.45, 2.75) is 13.1 Å². The van der Waals surface area contributed by atoms with Gasteiger partial charge < -0.3 is 16.4 Å². The molecular formula is C20H18FN13O4. The van der Waals surface area contributed by atoms with Gasteiger partial charge in [0.2, 0.25) is 0 Å². The maximum Gasteiger partial charge on any atom is 0.353 e. The van der Waals surface area contributed by atoms with Gasteiger partial charge in [0.05, 0.1) is 13.1 Å². The highest BCUT2D eigenvalue weighted by atomic mass is 19.1. The molecule has 17 nitrogen and oxygen atoms in total. The molecular weight excluding hydrogens is 505 g/mol. The molecule has 0 saturated carbocycles. The van der Waals surface area contributed by atoms with E-state index in [0.29, 0.717) is 5.69 Å². The van der Waals surface area contributed by atoms with Crippen molar-refractivity contribution in [1.82, 2.24) is 48.8 Å². The van der Waals surface area contributed by atoms with Gasteiger partial charge in [-0.1, -0.05) is 10.4 Å². The van der Waals surface area contributed by atoms with Gasteiger partial charge in [0.15, 0.2) is 22.7 Å². The lowest BCUT2D eigenvalue weighted by Crippen LogP contribution is -2.39. The first-order chi connectivity index (χ1) is 18.2. The summed E-state index contributed by atoms with van der Waals surface area (Å²) in [6.45, 7) is 0.438. The first kappa shape index (κ1) is 24.2. The maximum absolute atomic E-state index is 13.5. The van der Waals surface area contributed by atoms with Crippen LogP contribution in [0.4, 0.5) is 10.1 Å². The molecule has 2 amide bonds. The summed E-state index contributed by atoms with van der Waals surface area (Å²) in [5.74, 6) is -2.14. The zero-order valence-electron chi connectivity index (χ0n) is 19.4. The van der Waals surface area contributed by atoms with Gasteiger partial charge in [-0.05, 0) is 24.3 Å². The number of imidazole rings is 2.